The van der Waals surface area contributed by atoms with E-state index in [0.717, 1.165) is 0 Å². The summed E-state index contributed by atoms with van der Waals surface area (Å²) in [6, 6.07) is 4.65. The van der Waals surface area contributed by atoms with Crippen molar-refractivity contribution < 1.29 is 23.9 Å². The van der Waals surface area contributed by atoms with Crippen LogP contribution in [0.3, 0.4) is 0 Å². The van der Waals surface area contributed by atoms with Gasteiger partial charge in [0.15, 0.2) is 17.3 Å². The van der Waals surface area contributed by atoms with Crippen molar-refractivity contribution in [3.63, 3.8) is 0 Å². The summed E-state index contributed by atoms with van der Waals surface area (Å²) in [5.41, 5.74) is 2.06. The molecule has 138 valence electrons. The Morgan fingerprint density at radius 3 is 2.04 bits per heavy atom. The summed E-state index contributed by atoms with van der Waals surface area (Å²) in [5, 5.41) is 11.3. The van der Waals surface area contributed by atoms with Crippen molar-refractivity contribution in [3.8, 4) is 17.2 Å². The quantitative estimate of drug-likeness (QED) is 0.443. The van der Waals surface area contributed by atoms with Crippen molar-refractivity contribution in [2.45, 2.75) is 20.8 Å². The minimum Gasteiger partial charge on any atom is -0.493 e. The van der Waals surface area contributed by atoms with Crippen LogP contribution in [0.5, 0.6) is 17.2 Å². The Morgan fingerprint density at radius 2 is 1.54 bits per heavy atom. The molecule has 0 radical (unpaired) electrons. The first-order valence-corrected chi connectivity index (χ1v) is 7.87. The van der Waals surface area contributed by atoms with Gasteiger partial charge in [-0.25, -0.2) is 0 Å². The van der Waals surface area contributed by atoms with Gasteiger partial charge in [0.05, 0.1) is 31.8 Å². The van der Waals surface area contributed by atoms with Crippen LogP contribution in [0.4, 0.5) is 5.69 Å². The average molecular weight is 359 g/mol. The SMILES string of the molecule is COc1cc(C)c(C(=O)c2c(C)ccc([N+](=O)[O-])c2C)c(OC)c1OC. The van der Waals surface area contributed by atoms with E-state index in [0.29, 0.717) is 28.2 Å². The van der Waals surface area contributed by atoms with E-state index in [2.05, 4.69) is 0 Å². The molecule has 7 heteroatoms. The number of nitro benzene ring substituents is 1. The number of hydrogen-bond acceptors (Lipinski definition) is 6. The fourth-order valence-electron chi connectivity index (χ4n) is 3.07. The van der Waals surface area contributed by atoms with Crippen LogP contribution in [-0.4, -0.2) is 32.0 Å². The molecule has 0 spiro atoms. The van der Waals surface area contributed by atoms with Crippen LogP contribution in [0.15, 0.2) is 18.2 Å². The number of methoxy groups -OCH3 is 3. The van der Waals surface area contributed by atoms with E-state index in [-0.39, 0.29) is 28.3 Å². The smallest absolute Gasteiger partial charge is 0.273 e. The van der Waals surface area contributed by atoms with Crippen LogP contribution in [-0.2, 0) is 0 Å². The van der Waals surface area contributed by atoms with Gasteiger partial charge in [0.25, 0.3) is 5.69 Å². The Hall–Kier alpha value is -3.09. The second kappa shape index (κ2) is 7.43. The first-order chi connectivity index (χ1) is 12.3. The van der Waals surface area contributed by atoms with Crippen molar-refractivity contribution >= 4 is 11.5 Å². The minimum absolute atomic E-state index is 0.101. The number of ether oxygens (including phenoxy) is 3. The first-order valence-electron chi connectivity index (χ1n) is 7.87. The standard InChI is InChI=1S/C19H21NO6/c1-10-7-8-13(20(22)23)12(3)15(10)17(21)16-11(2)9-14(24-4)18(25-5)19(16)26-6/h7-9H,1-6H3. The third-order valence-corrected chi connectivity index (χ3v) is 4.32. The van der Waals surface area contributed by atoms with Crippen LogP contribution in [0.2, 0.25) is 0 Å². The predicted molar refractivity (Wildman–Crippen MR) is 96.8 cm³/mol. The Morgan fingerprint density at radius 1 is 0.923 bits per heavy atom. The van der Waals surface area contributed by atoms with Gasteiger partial charge < -0.3 is 14.2 Å². The maximum Gasteiger partial charge on any atom is 0.273 e. The summed E-state index contributed by atoms with van der Waals surface area (Å²) in [6.45, 7) is 5.06. The molecule has 0 saturated carbocycles. The summed E-state index contributed by atoms with van der Waals surface area (Å²) in [7, 11) is 4.38. The lowest BCUT2D eigenvalue weighted by Crippen LogP contribution is -2.12. The molecule has 26 heavy (non-hydrogen) atoms. The topological polar surface area (TPSA) is 87.9 Å². The van der Waals surface area contributed by atoms with Gasteiger partial charge in [-0.3, -0.25) is 14.9 Å². The van der Waals surface area contributed by atoms with E-state index >= 15 is 0 Å². The highest BCUT2D eigenvalue weighted by molar-refractivity contribution is 6.14. The molecule has 7 nitrogen and oxygen atoms in total. The van der Waals surface area contributed by atoms with Crippen molar-refractivity contribution in [2.75, 3.05) is 21.3 Å². The molecule has 0 aliphatic carbocycles. The van der Waals surface area contributed by atoms with Crippen molar-refractivity contribution in [2.24, 2.45) is 0 Å². The molecule has 2 aromatic rings. The zero-order chi connectivity index (χ0) is 19.6. The van der Waals surface area contributed by atoms with Gasteiger partial charge in [-0.15, -0.1) is 0 Å². The molecule has 0 atom stereocenters. The van der Waals surface area contributed by atoms with Crippen LogP contribution < -0.4 is 14.2 Å². The van der Waals surface area contributed by atoms with Gasteiger partial charge in [-0.1, -0.05) is 6.07 Å². The molecule has 0 aliphatic heterocycles. The van der Waals surface area contributed by atoms with Gasteiger partial charge in [-0.2, -0.15) is 0 Å². The Bertz CT molecular complexity index is 888. The maximum absolute atomic E-state index is 13.3. The molecule has 0 saturated heterocycles. The fourth-order valence-corrected chi connectivity index (χ4v) is 3.07. The maximum atomic E-state index is 13.3. The van der Waals surface area contributed by atoms with Gasteiger partial charge in [0.1, 0.15) is 0 Å². The second-order valence-corrected chi connectivity index (χ2v) is 5.83. The zero-order valence-electron chi connectivity index (χ0n) is 15.6. The lowest BCUT2D eigenvalue weighted by atomic mass is 9.91. The van der Waals surface area contributed by atoms with Gasteiger partial charge in [0, 0.05) is 17.2 Å². The number of rotatable bonds is 6. The number of benzene rings is 2. The molecule has 2 rings (SSSR count). The van der Waals surface area contributed by atoms with Crippen LogP contribution in [0.1, 0.15) is 32.6 Å². The van der Waals surface area contributed by atoms with Crippen molar-refractivity contribution in [1.82, 2.24) is 0 Å². The van der Waals surface area contributed by atoms with E-state index in [9.17, 15) is 14.9 Å². The number of aryl methyl sites for hydroxylation is 2. The Balaban J connectivity index is 2.80. The number of nitrogens with zero attached hydrogens (tertiary/aromatic N) is 1. The number of nitro groups is 1. The molecular formula is C19H21NO6. The van der Waals surface area contributed by atoms with E-state index in [1.807, 2.05) is 0 Å². The first kappa shape index (κ1) is 19.2. The lowest BCUT2D eigenvalue weighted by molar-refractivity contribution is -0.385. The van der Waals surface area contributed by atoms with Gasteiger partial charge >= 0.3 is 0 Å². The van der Waals surface area contributed by atoms with E-state index in [1.54, 1.807) is 32.9 Å². The number of carbonyl (C=O) groups excluding carboxylic acids is 1. The molecule has 0 N–H and O–H groups in total. The van der Waals surface area contributed by atoms with Crippen LogP contribution in [0, 0.1) is 30.9 Å². The molecule has 0 bridgehead atoms. The summed E-state index contributed by atoms with van der Waals surface area (Å²) >= 11 is 0. The monoisotopic (exact) mass is 359 g/mol. The summed E-state index contributed by atoms with van der Waals surface area (Å²) in [6.07, 6.45) is 0. The van der Waals surface area contributed by atoms with E-state index < -0.39 is 4.92 Å². The van der Waals surface area contributed by atoms with Crippen molar-refractivity contribution in [3.05, 3.63) is 56.1 Å². The fraction of sp³-hybridized carbons (Fsp3) is 0.316. The Labute approximate surface area is 151 Å². The number of hydrogen-bond donors (Lipinski definition) is 0. The number of ketones is 1. The Kier molecular flexibility index (Phi) is 5.50. The summed E-state index contributed by atoms with van der Waals surface area (Å²) in [4.78, 5) is 24.1. The zero-order valence-corrected chi connectivity index (χ0v) is 15.6. The highest BCUT2D eigenvalue weighted by Gasteiger charge is 2.28. The predicted octanol–water partition coefficient (Wildman–Crippen LogP) is 3.78. The molecule has 0 heterocycles. The molecule has 0 aliphatic rings. The normalized spacial score (nSPS) is 10.4. The van der Waals surface area contributed by atoms with Gasteiger partial charge in [-0.05, 0) is 38.0 Å². The minimum atomic E-state index is -0.496. The third-order valence-electron chi connectivity index (χ3n) is 4.32. The molecular weight excluding hydrogens is 338 g/mol. The average Bonchev–Trinajstić information content (AvgIpc) is 2.59. The summed E-state index contributed by atoms with van der Waals surface area (Å²) in [5.74, 6) is 0.606. The highest BCUT2D eigenvalue weighted by Crippen LogP contribution is 2.43. The lowest BCUT2D eigenvalue weighted by Gasteiger charge is -2.18. The molecule has 0 unspecified atom stereocenters. The van der Waals surface area contributed by atoms with Crippen molar-refractivity contribution in [1.29, 1.82) is 0 Å². The van der Waals surface area contributed by atoms with E-state index in [1.165, 1.54) is 27.4 Å². The largest absolute Gasteiger partial charge is 0.493 e. The molecule has 2 aromatic carbocycles. The second-order valence-electron chi connectivity index (χ2n) is 5.83. The third kappa shape index (κ3) is 3.08. The number of carbonyl (C=O) groups is 1. The van der Waals surface area contributed by atoms with E-state index in [4.69, 9.17) is 14.2 Å². The molecule has 0 aromatic heterocycles. The van der Waals surface area contributed by atoms with Crippen LogP contribution in [0.25, 0.3) is 0 Å². The molecule has 0 fully saturated rings. The molecule has 0 amide bonds. The summed E-state index contributed by atoms with van der Waals surface area (Å²) < 4.78 is 16.1. The van der Waals surface area contributed by atoms with Gasteiger partial charge in [0.2, 0.25) is 5.75 Å². The van der Waals surface area contributed by atoms with Crippen LogP contribution >= 0.6 is 0 Å². The highest BCUT2D eigenvalue weighted by atomic mass is 16.6.